The number of halogens is 2. The highest BCUT2D eigenvalue weighted by atomic mass is 19.3. The number of rotatable bonds is 5. The highest BCUT2D eigenvalue weighted by Gasteiger charge is 2.12. The summed E-state index contributed by atoms with van der Waals surface area (Å²) in [5.41, 5.74) is 0.768. The SMILES string of the molecule is CCn1nccc1C(=O)Nc1cccc(OC(F)F)c1. The number of aryl methyl sites for hydroxylation is 1. The summed E-state index contributed by atoms with van der Waals surface area (Å²) in [7, 11) is 0. The summed E-state index contributed by atoms with van der Waals surface area (Å²) >= 11 is 0. The fourth-order valence-electron chi connectivity index (χ4n) is 1.72. The van der Waals surface area contributed by atoms with Crippen molar-refractivity contribution < 1.29 is 18.3 Å². The Labute approximate surface area is 114 Å². The van der Waals surface area contributed by atoms with E-state index in [0.717, 1.165) is 0 Å². The molecule has 2 rings (SSSR count). The number of benzene rings is 1. The van der Waals surface area contributed by atoms with Crippen molar-refractivity contribution >= 4 is 11.6 Å². The number of carbonyl (C=O) groups excluding carboxylic acids is 1. The molecule has 0 saturated carbocycles. The molecule has 1 heterocycles. The summed E-state index contributed by atoms with van der Waals surface area (Å²) in [5.74, 6) is -0.375. The molecule has 2 aromatic rings. The van der Waals surface area contributed by atoms with Gasteiger partial charge in [0.1, 0.15) is 11.4 Å². The highest BCUT2D eigenvalue weighted by Crippen LogP contribution is 2.19. The zero-order chi connectivity index (χ0) is 14.5. The van der Waals surface area contributed by atoms with Crippen LogP contribution in [0.1, 0.15) is 17.4 Å². The van der Waals surface area contributed by atoms with Crippen molar-refractivity contribution in [1.29, 1.82) is 0 Å². The Bertz CT molecular complexity index is 599. The molecule has 0 radical (unpaired) electrons. The summed E-state index contributed by atoms with van der Waals surface area (Å²) in [5, 5.41) is 6.59. The van der Waals surface area contributed by atoms with Crippen LogP contribution in [-0.2, 0) is 6.54 Å². The van der Waals surface area contributed by atoms with Crippen LogP contribution in [0.5, 0.6) is 5.75 Å². The molecule has 1 N–H and O–H groups in total. The third-order valence-corrected chi connectivity index (χ3v) is 2.57. The second-order valence-corrected chi connectivity index (χ2v) is 3.89. The molecule has 7 heteroatoms. The lowest BCUT2D eigenvalue weighted by atomic mass is 10.3. The molecule has 0 aliphatic rings. The molecule has 1 aromatic carbocycles. The normalized spacial score (nSPS) is 10.6. The minimum Gasteiger partial charge on any atom is -0.435 e. The number of alkyl halides is 2. The molecule has 0 bridgehead atoms. The van der Waals surface area contributed by atoms with E-state index in [-0.39, 0.29) is 11.7 Å². The molecule has 106 valence electrons. The van der Waals surface area contributed by atoms with E-state index in [1.807, 2.05) is 6.92 Å². The number of aromatic nitrogens is 2. The number of nitrogens with one attached hydrogen (secondary N) is 1. The van der Waals surface area contributed by atoms with Crippen LogP contribution >= 0.6 is 0 Å². The van der Waals surface area contributed by atoms with Crippen molar-refractivity contribution in [3.05, 3.63) is 42.2 Å². The quantitative estimate of drug-likeness (QED) is 0.916. The van der Waals surface area contributed by atoms with Crippen molar-refractivity contribution in [1.82, 2.24) is 9.78 Å². The maximum atomic E-state index is 12.1. The van der Waals surface area contributed by atoms with Crippen LogP contribution in [0.15, 0.2) is 36.5 Å². The summed E-state index contributed by atoms with van der Waals surface area (Å²) in [6.07, 6.45) is 1.52. The second kappa shape index (κ2) is 6.14. The van der Waals surface area contributed by atoms with Gasteiger partial charge in [0.15, 0.2) is 0 Å². The maximum absolute atomic E-state index is 12.1. The molecule has 0 saturated heterocycles. The molecular weight excluding hydrogens is 268 g/mol. The van der Waals surface area contributed by atoms with E-state index < -0.39 is 6.61 Å². The number of carbonyl (C=O) groups is 1. The minimum atomic E-state index is -2.90. The first kappa shape index (κ1) is 14.0. The van der Waals surface area contributed by atoms with Crippen LogP contribution in [0.25, 0.3) is 0 Å². The minimum absolute atomic E-state index is 0.0122. The van der Waals surface area contributed by atoms with Gasteiger partial charge in [-0.05, 0) is 25.1 Å². The van der Waals surface area contributed by atoms with Gasteiger partial charge in [0.2, 0.25) is 0 Å². The Kier molecular flexibility index (Phi) is 4.29. The van der Waals surface area contributed by atoms with Gasteiger partial charge in [0, 0.05) is 24.5 Å². The molecule has 0 spiro atoms. The third-order valence-electron chi connectivity index (χ3n) is 2.57. The van der Waals surface area contributed by atoms with E-state index in [0.29, 0.717) is 17.9 Å². The van der Waals surface area contributed by atoms with Gasteiger partial charge in [-0.25, -0.2) is 0 Å². The highest BCUT2D eigenvalue weighted by molar-refractivity contribution is 6.03. The average Bonchev–Trinajstić information content (AvgIpc) is 2.86. The molecular formula is C13H13F2N3O2. The number of nitrogens with zero attached hydrogens (tertiary/aromatic N) is 2. The van der Waals surface area contributed by atoms with E-state index in [4.69, 9.17) is 0 Å². The average molecular weight is 281 g/mol. The number of amides is 1. The fourth-order valence-corrected chi connectivity index (χ4v) is 1.72. The predicted octanol–water partition coefficient (Wildman–Crippen LogP) is 2.76. The number of hydrogen-bond donors (Lipinski definition) is 1. The topological polar surface area (TPSA) is 56.2 Å². The lowest BCUT2D eigenvalue weighted by Gasteiger charge is -2.09. The monoisotopic (exact) mass is 281 g/mol. The molecule has 0 atom stereocenters. The zero-order valence-electron chi connectivity index (χ0n) is 10.7. The largest absolute Gasteiger partial charge is 0.435 e. The van der Waals surface area contributed by atoms with Gasteiger partial charge >= 0.3 is 6.61 Å². The van der Waals surface area contributed by atoms with E-state index in [9.17, 15) is 13.6 Å². The van der Waals surface area contributed by atoms with Gasteiger partial charge in [-0.15, -0.1) is 0 Å². The first-order valence-corrected chi connectivity index (χ1v) is 5.98. The fraction of sp³-hybridized carbons (Fsp3) is 0.231. The lowest BCUT2D eigenvalue weighted by molar-refractivity contribution is -0.0497. The Balaban J connectivity index is 2.12. The van der Waals surface area contributed by atoms with Crippen LogP contribution in [-0.4, -0.2) is 22.3 Å². The smallest absolute Gasteiger partial charge is 0.387 e. The molecule has 1 amide bonds. The standard InChI is InChI=1S/C13H13F2N3O2/c1-2-18-11(6-7-16-18)12(19)17-9-4-3-5-10(8-9)20-13(14)15/h3-8,13H,2H2,1H3,(H,17,19). The second-order valence-electron chi connectivity index (χ2n) is 3.89. The first-order valence-electron chi connectivity index (χ1n) is 5.98. The molecule has 0 unspecified atom stereocenters. The third kappa shape index (κ3) is 3.31. The van der Waals surface area contributed by atoms with Gasteiger partial charge < -0.3 is 10.1 Å². The van der Waals surface area contributed by atoms with Crippen molar-refractivity contribution in [2.45, 2.75) is 20.1 Å². The van der Waals surface area contributed by atoms with Gasteiger partial charge in [-0.1, -0.05) is 6.07 Å². The molecule has 0 fully saturated rings. The van der Waals surface area contributed by atoms with E-state index >= 15 is 0 Å². The lowest BCUT2D eigenvalue weighted by Crippen LogP contribution is -2.17. The Hall–Kier alpha value is -2.44. The molecule has 5 nitrogen and oxygen atoms in total. The summed E-state index contributed by atoms with van der Waals surface area (Å²) in [4.78, 5) is 12.0. The van der Waals surface area contributed by atoms with Crippen molar-refractivity contribution in [2.75, 3.05) is 5.32 Å². The number of anilines is 1. The van der Waals surface area contributed by atoms with E-state index in [1.165, 1.54) is 29.1 Å². The van der Waals surface area contributed by atoms with Crippen LogP contribution in [0.3, 0.4) is 0 Å². The van der Waals surface area contributed by atoms with Crippen molar-refractivity contribution in [3.8, 4) is 5.75 Å². The summed E-state index contributed by atoms with van der Waals surface area (Å²) < 4.78 is 30.0. The van der Waals surface area contributed by atoms with Crippen LogP contribution in [0.2, 0.25) is 0 Å². The summed E-state index contributed by atoms with van der Waals surface area (Å²) in [6, 6.07) is 7.40. The van der Waals surface area contributed by atoms with E-state index in [2.05, 4.69) is 15.2 Å². The number of hydrogen-bond acceptors (Lipinski definition) is 3. The van der Waals surface area contributed by atoms with Crippen LogP contribution < -0.4 is 10.1 Å². The Morgan fingerprint density at radius 3 is 2.95 bits per heavy atom. The molecule has 1 aromatic heterocycles. The maximum Gasteiger partial charge on any atom is 0.387 e. The van der Waals surface area contributed by atoms with Crippen LogP contribution in [0, 0.1) is 0 Å². The van der Waals surface area contributed by atoms with Gasteiger partial charge in [0.25, 0.3) is 5.91 Å². The number of ether oxygens (including phenoxy) is 1. The van der Waals surface area contributed by atoms with Gasteiger partial charge in [-0.2, -0.15) is 13.9 Å². The first-order chi connectivity index (χ1) is 9.60. The summed E-state index contributed by atoms with van der Waals surface area (Å²) in [6.45, 7) is -0.479. The van der Waals surface area contributed by atoms with Crippen molar-refractivity contribution in [3.63, 3.8) is 0 Å². The van der Waals surface area contributed by atoms with Gasteiger partial charge in [-0.3, -0.25) is 9.48 Å². The van der Waals surface area contributed by atoms with Crippen molar-refractivity contribution in [2.24, 2.45) is 0 Å². The molecule has 0 aliphatic carbocycles. The predicted molar refractivity (Wildman–Crippen MR) is 68.9 cm³/mol. The van der Waals surface area contributed by atoms with Gasteiger partial charge in [0.05, 0.1) is 0 Å². The Morgan fingerprint density at radius 1 is 1.45 bits per heavy atom. The van der Waals surface area contributed by atoms with E-state index in [1.54, 1.807) is 12.1 Å². The van der Waals surface area contributed by atoms with Crippen LogP contribution in [0.4, 0.5) is 14.5 Å². The molecule has 20 heavy (non-hydrogen) atoms. The zero-order valence-corrected chi connectivity index (χ0v) is 10.7. The Morgan fingerprint density at radius 2 is 2.25 bits per heavy atom. The molecule has 0 aliphatic heterocycles.